The number of carbonyl (C=O) groups is 2. The van der Waals surface area contributed by atoms with Crippen LogP contribution in [-0.2, 0) is 16.0 Å². The van der Waals surface area contributed by atoms with Gasteiger partial charge in [0.2, 0.25) is 0 Å². The van der Waals surface area contributed by atoms with E-state index in [1.54, 1.807) is 43.1 Å². The Kier molecular flexibility index (Phi) is 5.12. The van der Waals surface area contributed by atoms with Gasteiger partial charge in [0.1, 0.15) is 5.82 Å². The van der Waals surface area contributed by atoms with Crippen LogP contribution in [0.1, 0.15) is 40.0 Å². The molecular formula is C25H22FNO3. The summed E-state index contributed by atoms with van der Waals surface area (Å²) in [4.78, 5) is 27.7. The van der Waals surface area contributed by atoms with E-state index in [1.165, 1.54) is 12.1 Å². The van der Waals surface area contributed by atoms with Crippen molar-refractivity contribution < 1.29 is 18.7 Å². The maximum Gasteiger partial charge on any atom is 0.339 e. The zero-order valence-corrected chi connectivity index (χ0v) is 16.8. The first-order valence-corrected chi connectivity index (χ1v) is 9.78. The average molecular weight is 403 g/mol. The van der Waals surface area contributed by atoms with E-state index < -0.39 is 17.6 Å². The molecule has 3 aromatic rings. The zero-order chi connectivity index (χ0) is 21.3. The first-order valence-electron chi connectivity index (χ1n) is 9.78. The molecule has 0 fully saturated rings. The third-order valence-electron chi connectivity index (χ3n) is 5.54. The molecule has 0 N–H and O–H groups in total. The SMILES string of the molecule is CN(C(=O)C1(C)Cc2ccccc2C(=O)O1)C(c1ccccc1)c1ccc(F)cc1. The minimum atomic E-state index is -1.33. The molecule has 0 spiro atoms. The zero-order valence-electron chi connectivity index (χ0n) is 16.8. The summed E-state index contributed by atoms with van der Waals surface area (Å²) in [5, 5.41) is 0. The Morgan fingerprint density at radius 1 is 0.967 bits per heavy atom. The number of esters is 1. The van der Waals surface area contributed by atoms with E-state index in [0.717, 1.165) is 16.7 Å². The molecule has 4 nitrogen and oxygen atoms in total. The van der Waals surface area contributed by atoms with E-state index in [2.05, 4.69) is 0 Å². The molecule has 3 aromatic carbocycles. The summed E-state index contributed by atoms with van der Waals surface area (Å²) in [7, 11) is 1.68. The molecular weight excluding hydrogens is 381 g/mol. The normalized spacial score (nSPS) is 18.8. The second kappa shape index (κ2) is 7.75. The highest BCUT2D eigenvalue weighted by molar-refractivity contribution is 5.97. The van der Waals surface area contributed by atoms with Gasteiger partial charge in [-0.3, -0.25) is 4.79 Å². The maximum atomic E-state index is 13.6. The van der Waals surface area contributed by atoms with E-state index in [-0.39, 0.29) is 11.7 Å². The summed E-state index contributed by atoms with van der Waals surface area (Å²) in [6.45, 7) is 1.65. The molecule has 1 aliphatic rings. The topological polar surface area (TPSA) is 46.6 Å². The number of cyclic esters (lactones) is 1. The lowest BCUT2D eigenvalue weighted by atomic mass is 9.87. The number of rotatable bonds is 4. The molecule has 0 aromatic heterocycles. The van der Waals surface area contributed by atoms with Crippen LogP contribution in [0.2, 0.25) is 0 Å². The van der Waals surface area contributed by atoms with Crippen molar-refractivity contribution >= 4 is 11.9 Å². The van der Waals surface area contributed by atoms with Crippen LogP contribution in [0.25, 0.3) is 0 Å². The van der Waals surface area contributed by atoms with Crippen molar-refractivity contribution in [2.24, 2.45) is 0 Å². The third-order valence-corrected chi connectivity index (χ3v) is 5.54. The molecule has 4 rings (SSSR count). The highest BCUT2D eigenvalue weighted by Gasteiger charge is 2.45. The van der Waals surface area contributed by atoms with Crippen molar-refractivity contribution in [1.82, 2.24) is 4.90 Å². The number of benzene rings is 3. The Morgan fingerprint density at radius 3 is 2.27 bits per heavy atom. The lowest BCUT2D eigenvalue weighted by molar-refractivity contribution is -0.151. The number of amides is 1. The monoisotopic (exact) mass is 403 g/mol. The molecule has 152 valence electrons. The smallest absolute Gasteiger partial charge is 0.339 e. The molecule has 0 bridgehead atoms. The second-order valence-electron chi connectivity index (χ2n) is 7.74. The summed E-state index contributed by atoms with van der Waals surface area (Å²) in [6, 6.07) is 22.3. The number of ether oxygens (including phenoxy) is 1. The number of fused-ring (bicyclic) bond motifs is 1. The van der Waals surface area contributed by atoms with Gasteiger partial charge in [0.05, 0.1) is 11.6 Å². The fourth-order valence-corrected chi connectivity index (χ4v) is 4.06. The number of halogens is 1. The Hall–Kier alpha value is -3.47. The molecule has 0 radical (unpaired) electrons. The van der Waals surface area contributed by atoms with Gasteiger partial charge in [-0.2, -0.15) is 0 Å². The predicted octanol–water partition coefficient (Wildman–Crippen LogP) is 4.55. The highest BCUT2D eigenvalue weighted by Crippen LogP contribution is 2.34. The Labute approximate surface area is 174 Å². The van der Waals surface area contributed by atoms with Crippen LogP contribution >= 0.6 is 0 Å². The van der Waals surface area contributed by atoms with Crippen LogP contribution in [-0.4, -0.2) is 29.4 Å². The minimum absolute atomic E-state index is 0.295. The number of nitrogens with zero attached hydrogens (tertiary/aromatic N) is 1. The van der Waals surface area contributed by atoms with Crippen molar-refractivity contribution in [1.29, 1.82) is 0 Å². The van der Waals surface area contributed by atoms with Gasteiger partial charge in [0.15, 0.2) is 5.60 Å². The van der Waals surface area contributed by atoms with Gasteiger partial charge < -0.3 is 9.64 Å². The van der Waals surface area contributed by atoms with Crippen molar-refractivity contribution in [3.8, 4) is 0 Å². The molecule has 2 unspecified atom stereocenters. The van der Waals surface area contributed by atoms with E-state index >= 15 is 0 Å². The van der Waals surface area contributed by atoms with Crippen LogP contribution < -0.4 is 0 Å². The first kappa shape index (κ1) is 19.8. The van der Waals surface area contributed by atoms with Gasteiger partial charge in [0, 0.05) is 13.5 Å². The standard InChI is InChI=1S/C25H22FNO3/c1-25(16-19-10-6-7-11-21(19)23(28)30-25)24(29)27(2)22(17-8-4-3-5-9-17)18-12-14-20(26)15-13-18/h3-15,22H,16H2,1-2H3. The summed E-state index contributed by atoms with van der Waals surface area (Å²) < 4.78 is 19.1. The first-order chi connectivity index (χ1) is 14.4. The van der Waals surface area contributed by atoms with E-state index in [4.69, 9.17) is 4.74 Å². The number of hydrogen-bond donors (Lipinski definition) is 0. The lowest BCUT2D eigenvalue weighted by Gasteiger charge is -2.39. The predicted molar refractivity (Wildman–Crippen MR) is 111 cm³/mol. The number of carbonyl (C=O) groups excluding carboxylic acids is 2. The van der Waals surface area contributed by atoms with Crippen LogP contribution in [0.3, 0.4) is 0 Å². The highest BCUT2D eigenvalue weighted by atomic mass is 19.1. The minimum Gasteiger partial charge on any atom is -0.445 e. The molecule has 0 aliphatic carbocycles. The van der Waals surface area contributed by atoms with Crippen molar-refractivity contribution in [3.05, 3.63) is 107 Å². The molecule has 30 heavy (non-hydrogen) atoms. The maximum absolute atomic E-state index is 13.6. The summed E-state index contributed by atoms with van der Waals surface area (Å²) >= 11 is 0. The molecule has 1 heterocycles. The lowest BCUT2D eigenvalue weighted by Crippen LogP contribution is -2.53. The molecule has 5 heteroatoms. The summed E-state index contributed by atoms with van der Waals surface area (Å²) in [5.74, 6) is -1.16. The van der Waals surface area contributed by atoms with Gasteiger partial charge in [-0.1, -0.05) is 60.7 Å². The number of likely N-dealkylation sites (N-methyl/N-ethyl adjacent to an activating group) is 1. The van der Waals surface area contributed by atoms with Crippen LogP contribution in [0.4, 0.5) is 4.39 Å². The molecule has 2 atom stereocenters. The van der Waals surface area contributed by atoms with Gasteiger partial charge >= 0.3 is 5.97 Å². The molecule has 1 aliphatic heterocycles. The van der Waals surface area contributed by atoms with Crippen molar-refractivity contribution in [2.45, 2.75) is 25.0 Å². The van der Waals surface area contributed by atoms with E-state index in [0.29, 0.717) is 12.0 Å². The average Bonchev–Trinajstić information content (AvgIpc) is 2.75. The van der Waals surface area contributed by atoms with Crippen molar-refractivity contribution in [2.75, 3.05) is 7.05 Å². The van der Waals surface area contributed by atoms with Crippen LogP contribution in [0.5, 0.6) is 0 Å². The molecule has 0 saturated carbocycles. The van der Waals surface area contributed by atoms with Crippen LogP contribution in [0.15, 0.2) is 78.9 Å². The van der Waals surface area contributed by atoms with Crippen LogP contribution in [0, 0.1) is 5.82 Å². The Balaban J connectivity index is 1.71. The van der Waals surface area contributed by atoms with Gasteiger partial charge in [0.25, 0.3) is 5.91 Å². The quantitative estimate of drug-likeness (QED) is 0.601. The molecule has 1 amide bonds. The fraction of sp³-hybridized carbons (Fsp3) is 0.200. The van der Waals surface area contributed by atoms with E-state index in [1.807, 2.05) is 42.5 Å². The Bertz CT molecular complexity index is 1080. The molecule has 0 saturated heterocycles. The Morgan fingerprint density at radius 2 is 1.57 bits per heavy atom. The second-order valence-corrected chi connectivity index (χ2v) is 7.74. The van der Waals surface area contributed by atoms with E-state index in [9.17, 15) is 14.0 Å². The fourth-order valence-electron chi connectivity index (χ4n) is 4.06. The van der Waals surface area contributed by atoms with Gasteiger partial charge in [-0.25, -0.2) is 9.18 Å². The number of hydrogen-bond acceptors (Lipinski definition) is 3. The third kappa shape index (κ3) is 3.59. The summed E-state index contributed by atoms with van der Waals surface area (Å²) in [6.07, 6.45) is 0.295. The van der Waals surface area contributed by atoms with Crippen molar-refractivity contribution in [3.63, 3.8) is 0 Å². The van der Waals surface area contributed by atoms with Gasteiger partial charge in [-0.15, -0.1) is 0 Å². The van der Waals surface area contributed by atoms with Gasteiger partial charge in [-0.05, 0) is 41.8 Å². The largest absolute Gasteiger partial charge is 0.445 e. The summed E-state index contributed by atoms with van der Waals surface area (Å²) in [5.41, 5.74) is 1.60.